The van der Waals surface area contributed by atoms with Crippen molar-refractivity contribution >= 4 is 17.7 Å². The molecule has 0 aromatic carbocycles. The zero-order valence-corrected chi connectivity index (χ0v) is 11.5. The van der Waals surface area contributed by atoms with Gasteiger partial charge in [0.2, 0.25) is 5.91 Å². The van der Waals surface area contributed by atoms with Crippen LogP contribution in [0.25, 0.3) is 0 Å². The van der Waals surface area contributed by atoms with Crippen LogP contribution < -0.4 is 5.32 Å². The van der Waals surface area contributed by atoms with E-state index in [4.69, 9.17) is 4.74 Å². The topological polar surface area (TPSA) is 44.8 Å². The SMILES string of the molecule is O=C([C@@H]1C[C@H](N2CCOCC2)CN1)N1CCSC1. The normalized spacial score (nSPS) is 34.1. The van der Waals surface area contributed by atoms with Gasteiger partial charge in [-0.15, -0.1) is 11.8 Å². The molecule has 3 rings (SSSR count). The maximum Gasteiger partial charge on any atom is 0.240 e. The molecule has 3 heterocycles. The molecule has 3 saturated heterocycles. The molecule has 0 aromatic heterocycles. The van der Waals surface area contributed by atoms with Gasteiger partial charge in [-0.2, -0.15) is 0 Å². The van der Waals surface area contributed by atoms with Crippen LogP contribution in [0.1, 0.15) is 6.42 Å². The summed E-state index contributed by atoms with van der Waals surface area (Å²) in [5.41, 5.74) is 0. The number of amides is 1. The highest BCUT2D eigenvalue weighted by Gasteiger charge is 2.36. The highest BCUT2D eigenvalue weighted by atomic mass is 32.2. The van der Waals surface area contributed by atoms with Crippen molar-refractivity contribution in [3.8, 4) is 0 Å². The van der Waals surface area contributed by atoms with Crippen LogP contribution in [0.2, 0.25) is 0 Å². The van der Waals surface area contributed by atoms with E-state index >= 15 is 0 Å². The third-order valence-corrected chi connectivity index (χ3v) is 5.00. The van der Waals surface area contributed by atoms with Crippen LogP contribution >= 0.6 is 11.8 Å². The van der Waals surface area contributed by atoms with Gasteiger partial charge in [0.05, 0.1) is 25.1 Å². The third-order valence-electron chi connectivity index (χ3n) is 4.03. The van der Waals surface area contributed by atoms with Crippen molar-refractivity contribution in [2.24, 2.45) is 0 Å². The predicted molar refractivity (Wildman–Crippen MR) is 71.6 cm³/mol. The van der Waals surface area contributed by atoms with Gasteiger partial charge in [-0.3, -0.25) is 9.69 Å². The van der Waals surface area contributed by atoms with Gasteiger partial charge in [0.25, 0.3) is 0 Å². The monoisotopic (exact) mass is 271 g/mol. The van der Waals surface area contributed by atoms with Gasteiger partial charge < -0.3 is 15.0 Å². The zero-order chi connectivity index (χ0) is 12.4. The van der Waals surface area contributed by atoms with E-state index in [0.717, 1.165) is 57.4 Å². The van der Waals surface area contributed by atoms with E-state index in [9.17, 15) is 4.79 Å². The molecule has 0 saturated carbocycles. The molecular weight excluding hydrogens is 250 g/mol. The summed E-state index contributed by atoms with van der Waals surface area (Å²) in [6.45, 7) is 5.54. The number of carbonyl (C=O) groups excluding carboxylic acids is 1. The highest BCUT2D eigenvalue weighted by molar-refractivity contribution is 7.99. The number of hydrogen-bond donors (Lipinski definition) is 1. The molecule has 3 fully saturated rings. The first-order chi connectivity index (χ1) is 8.84. The van der Waals surface area contributed by atoms with E-state index in [0.29, 0.717) is 11.9 Å². The predicted octanol–water partition coefficient (Wildman–Crippen LogP) is -0.418. The van der Waals surface area contributed by atoms with Gasteiger partial charge in [-0.1, -0.05) is 0 Å². The van der Waals surface area contributed by atoms with Gasteiger partial charge in [0, 0.05) is 38.0 Å². The summed E-state index contributed by atoms with van der Waals surface area (Å²) >= 11 is 1.85. The van der Waals surface area contributed by atoms with Crippen LogP contribution in [0, 0.1) is 0 Å². The van der Waals surface area contributed by atoms with Crippen LogP contribution in [-0.2, 0) is 9.53 Å². The zero-order valence-electron chi connectivity index (χ0n) is 10.6. The summed E-state index contributed by atoms with van der Waals surface area (Å²) in [7, 11) is 0. The maximum absolute atomic E-state index is 12.3. The minimum Gasteiger partial charge on any atom is -0.379 e. The summed E-state index contributed by atoms with van der Waals surface area (Å²) in [6, 6.07) is 0.551. The van der Waals surface area contributed by atoms with E-state index in [1.54, 1.807) is 0 Å². The lowest BCUT2D eigenvalue weighted by atomic mass is 10.1. The van der Waals surface area contributed by atoms with Crippen molar-refractivity contribution in [1.82, 2.24) is 15.1 Å². The Labute approximate surface area is 112 Å². The molecule has 0 aliphatic carbocycles. The average molecular weight is 271 g/mol. The minimum atomic E-state index is 0.0385. The fourth-order valence-electron chi connectivity index (χ4n) is 2.93. The number of morpholine rings is 1. The number of thioether (sulfide) groups is 1. The number of carbonyl (C=O) groups is 1. The van der Waals surface area contributed by atoms with Gasteiger partial charge >= 0.3 is 0 Å². The first kappa shape index (κ1) is 12.7. The Kier molecular flexibility index (Phi) is 4.08. The van der Waals surface area contributed by atoms with Gasteiger partial charge in [0.1, 0.15) is 0 Å². The molecular formula is C12H21N3O2S. The Morgan fingerprint density at radius 3 is 2.83 bits per heavy atom. The molecule has 3 aliphatic rings. The van der Waals surface area contributed by atoms with E-state index in [1.807, 2.05) is 16.7 Å². The van der Waals surface area contributed by atoms with Crippen molar-refractivity contribution in [2.75, 3.05) is 51.0 Å². The van der Waals surface area contributed by atoms with Crippen molar-refractivity contribution in [3.63, 3.8) is 0 Å². The third kappa shape index (κ3) is 2.66. The number of nitrogens with zero attached hydrogens (tertiary/aromatic N) is 2. The Morgan fingerprint density at radius 2 is 2.11 bits per heavy atom. The summed E-state index contributed by atoms with van der Waals surface area (Å²) < 4.78 is 5.37. The van der Waals surface area contributed by atoms with Crippen molar-refractivity contribution in [3.05, 3.63) is 0 Å². The number of ether oxygens (including phenoxy) is 1. The fourth-order valence-corrected chi connectivity index (χ4v) is 3.89. The Bertz CT molecular complexity index is 304. The minimum absolute atomic E-state index is 0.0385. The smallest absolute Gasteiger partial charge is 0.240 e. The lowest BCUT2D eigenvalue weighted by Crippen LogP contribution is -2.44. The molecule has 1 amide bonds. The first-order valence-corrected chi connectivity index (χ1v) is 7.92. The average Bonchev–Trinajstić information content (AvgIpc) is 3.10. The highest BCUT2D eigenvalue weighted by Crippen LogP contribution is 2.20. The van der Waals surface area contributed by atoms with Crippen LogP contribution in [0.15, 0.2) is 0 Å². The molecule has 2 atom stereocenters. The van der Waals surface area contributed by atoms with E-state index in [-0.39, 0.29) is 6.04 Å². The quantitative estimate of drug-likeness (QED) is 0.739. The van der Waals surface area contributed by atoms with E-state index in [1.165, 1.54) is 0 Å². The largest absolute Gasteiger partial charge is 0.379 e. The summed E-state index contributed by atoms with van der Waals surface area (Å²) in [5.74, 6) is 2.26. The molecule has 0 aromatic rings. The van der Waals surface area contributed by atoms with Crippen molar-refractivity contribution in [2.45, 2.75) is 18.5 Å². The first-order valence-electron chi connectivity index (χ1n) is 6.76. The summed E-state index contributed by atoms with van der Waals surface area (Å²) in [5, 5.41) is 3.40. The molecule has 1 N–H and O–H groups in total. The van der Waals surface area contributed by atoms with Gasteiger partial charge in [0.15, 0.2) is 0 Å². The van der Waals surface area contributed by atoms with Crippen LogP contribution in [0.3, 0.4) is 0 Å². The molecule has 6 heteroatoms. The second kappa shape index (κ2) is 5.77. The summed E-state index contributed by atoms with van der Waals surface area (Å²) in [6.07, 6.45) is 0.958. The molecule has 0 unspecified atom stereocenters. The van der Waals surface area contributed by atoms with E-state index in [2.05, 4.69) is 10.2 Å². The Hall–Kier alpha value is -0.300. The molecule has 0 radical (unpaired) electrons. The van der Waals surface area contributed by atoms with Crippen LogP contribution in [0.5, 0.6) is 0 Å². The molecule has 18 heavy (non-hydrogen) atoms. The molecule has 0 bridgehead atoms. The number of rotatable bonds is 2. The van der Waals surface area contributed by atoms with Crippen LogP contribution in [0.4, 0.5) is 0 Å². The van der Waals surface area contributed by atoms with Crippen molar-refractivity contribution in [1.29, 1.82) is 0 Å². The fraction of sp³-hybridized carbons (Fsp3) is 0.917. The number of nitrogens with one attached hydrogen (secondary N) is 1. The maximum atomic E-state index is 12.3. The van der Waals surface area contributed by atoms with Gasteiger partial charge in [-0.25, -0.2) is 0 Å². The molecule has 0 spiro atoms. The number of hydrogen-bond acceptors (Lipinski definition) is 5. The lowest BCUT2D eigenvalue weighted by Gasteiger charge is -2.31. The lowest BCUT2D eigenvalue weighted by molar-refractivity contribution is -0.131. The second-order valence-corrected chi connectivity index (χ2v) is 6.21. The standard InChI is InChI=1S/C12H21N3O2S/c16-12(15-3-6-18-9-15)11-7-10(8-13-11)14-1-4-17-5-2-14/h10-11,13H,1-9H2/t10-,11-/m0/s1. The summed E-state index contributed by atoms with van der Waals surface area (Å²) in [4.78, 5) is 16.7. The Morgan fingerprint density at radius 1 is 1.28 bits per heavy atom. The molecule has 102 valence electrons. The van der Waals surface area contributed by atoms with Gasteiger partial charge in [-0.05, 0) is 6.42 Å². The molecule has 5 nitrogen and oxygen atoms in total. The van der Waals surface area contributed by atoms with E-state index < -0.39 is 0 Å². The second-order valence-electron chi connectivity index (χ2n) is 5.14. The van der Waals surface area contributed by atoms with Crippen molar-refractivity contribution < 1.29 is 9.53 Å². The van der Waals surface area contributed by atoms with Crippen LogP contribution in [-0.4, -0.2) is 78.8 Å². The Balaban J connectivity index is 1.52. The molecule has 3 aliphatic heterocycles.